The van der Waals surface area contributed by atoms with Crippen LogP contribution in [0.1, 0.15) is 29.8 Å². The molecule has 0 N–H and O–H groups in total. The number of nitrogens with zero attached hydrogens (tertiary/aromatic N) is 3. The molecule has 0 bridgehead atoms. The lowest BCUT2D eigenvalue weighted by atomic mass is 10.1. The molecule has 0 unspecified atom stereocenters. The van der Waals surface area contributed by atoms with E-state index in [2.05, 4.69) is 0 Å². The van der Waals surface area contributed by atoms with E-state index in [1.807, 2.05) is 20.8 Å². The number of amides is 3. The number of benzene rings is 2. The Hall–Kier alpha value is -2.28. The molecule has 170 valence electrons. The molecule has 9 heteroatoms. The summed E-state index contributed by atoms with van der Waals surface area (Å²) in [6.07, 6.45) is 0. The summed E-state index contributed by atoms with van der Waals surface area (Å²) in [4.78, 5) is 43.2. The minimum Gasteiger partial charge on any atom is -0.329 e. The Morgan fingerprint density at radius 3 is 2.44 bits per heavy atom. The van der Waals surface area contributed by atoms with Gasteiger partial charge in [-0.15, -0.1) is 0 Å². The highest BCUT2D eigenvalue weighted by atomic mass is 35.5. The Morgan fingerprint density at radius 1 is 1.06 bits per heavy atom. The molecule has 1 heterocycles. The maximum Gasteiger partial charge on any atom is 0.254 e. The van der Waals surface area contributed by atoms with Crippen LogP contribution in [-0.2, 0) is 9.59 Å². The predicted octanol–water partition coefficient (Wildman–Crippen LogP) is 4.89. The molecule has 1 aliphatic rings. The topological polar surface area (TPSA) is 60.9 Å². The number of rotatable bonds is 6. The molecule has 0 radical (unpaired) electrons. The van der Waals surface area contributed by atoms with Gasteiger partial charge in [0.15, 0.2) is 0 Å². The van der Waals surface area contributed by atoms with E-state index in [-0.39, 0.29) is 48.4 Å². The lowest BCUT2D eigenvalue weighted by Gasteiger charge is -2.27. The third-order valence-electron chi connectivity index (χ3n) is 5.19. The van der Waals surface area contributed by atoms with Gasteiger partial charge in [-0.2, -0.15) is 0 Å². The molecular formula is C23H24Cl3N3O3. The third-order valence-corrected chi connectivity index (χ3v) is 6.34. The first-order valence-electron chi connectivity index (χ1n) is 10.2. The number of hydrogen-bond donors (Lipinski definition) is 0. The van der Waals surface area contributed by atoms with Crippen LogP contribution in [0.3, 0.4) is 0 Å². The smallest absolute Gasteiger partial charge is 0.254 e. The fraction of sp³-hybridized carbons (Fsp3) is 0.348. The zero-order valence-electron chi connectivity index (χ0n) is 18.1. The van der Waals surface area contributed by atoms with E-state index in [4.69, 9.17) is 34.8 Å². The van der Waals surface area contributed by atoms with E-state index in [1.165, 1.54) is 20.8 Å². The van der Waals surface area contributed by atoms with Crippen molar-refractivity contribution in [2.24, 2.45) is 5.92 Å². The molecule has 3 rings (SSSR count). The first kappa shape index (κ1) is 24.4. The molecule has 32 heavy (non-hydrogen) atoms. The van der Waals surface area contributed by atoms with Gasteiger partial charge >= 0.3 is 0 Å². The van der Waals surface area contributed by atoms with E-state index in [9.17, 15) is 14.4 Å². The van der Waals surface area contributed by atoms with Crippen LogP contribution < -0.4 is 4.90 Å². The van der Waals surface area contributed by atoms with E-state index in [0.717, 1.165) is 5.56 Å². The molecule has 6 nitrogen and oxygen atoms in total. The summed E-state index contributed by atoms with van der Waals surface area (Å²) in [6, 6.07) is 9.94. The summed E-state index contributed by atoms with van der Waals surface area (Å²) in [5.74, 6) is -0.691. The van der Waals surface area contributed by atoms with Crippen molar-refractivity contribution in [1.29, 1.82) is 0 Å². The molecule has 0 aliphatic carbocycles. The van der Waals surface area contributed by atoms with Gasteiger partial charge in [-0.1, -0.05) is 54.7 Å². The molecule has 2 aromatic carbocycles. The Bertz CT molecular complexity index is 1060. The van der Waals surface area contributed by atoms with Crippen LogP contribution in [0.15, 0.2) is 36.4 Å². The average Bonchev–Trinajstić information content (AvgIpc) is 3.12. The van der Waals surface area contributed by atoms with Gasteiger partial charge in [-0.05, 0) is 48.7 Å². The predicted molar refractivity (Wildman–Crippen MR) is 127 cm³/mol. The largest absolute Gasteiger partial charge is 0.329 e. The Balaban J connectivity index is 1.76. The number of hydrogen-bond acceptors (Lipinski definition) is 3. The SMILES string of the molecule is Cc1c(Cl)cccc1N1CN(C(=O)CN(CC(C)C)C(=O)c2ccc(Cl)c(Cl)c2)CC1=O. The molecule has 0 atom stereocenters. The summed E-state index contributed by atoms with van der Waals surface area (Å²) in [6.45, 7) is 6.04. The van der Waals surface area contributed by atoms with Gasteiger partial charge in [0.05, 0.1) is 10.0 Å². The van der Waals surface area contributed by atoms with Crippen LogP contribution in [0, 0.1) is 12.8 Å². The minimum absolute atomic E-state index is 0.0543. The molecule has 3 amide bonds. The fourth-order valence-electron chi connectivity index (χ4n) is 3.55. The van der Waals surface area contributed by atoms with Gasteiger partial charge < -0.3 is 9.80 Å². The van der Waals surface area contributed by atoms with Crippen molar-refractivity contribution >= 4 is 58.2 Å². The highest BCUT2D eigenvalue weighted by Crippen LogP contribution is 2.29. The van der Waals surface area contributed by atoms with Crippen LogP contribution in [0.25, 0.3) is 0 Å². The number of halogens is 3. The van der Waals surface area contributed by atoms with Gasteiger partial charge in [0, 0.05) is 22.8 Å². The lowest BCUT2D eigenvalue weighted by molar-refractivity contribution is -0.132. The normalized spacial score (nSPS) is 13.8. The Labute approximate surface area is 202 Å². The van der Waals surface area contributed by atoms with E-state index in [1.54, 1.807) is 30.3 Å². The zero-order chi connectivity index (χ0) is 23.6. The fourth-order valence-corrected chi connectivity index (χ4v) is 4.02. The Morgan fingerprint density at radius 2 is 1.78 bits per heavy atom. The third kappa shape index (κ3) is 5.37. The summed E-state index contributed by atoms with van der Waals surface area (Å²) >= 11 is 18.2. The molecule has 0 aromatic heterocycles. The highest BCUT2D eigenvalue weighted by Gasteiger charge is 2.34. The zero-order valence-corrected chi connectivity index (χ0v) is 20.3. The molecule has 0 spiro atoms. The first-order valence-corrected chi connectivity index (χ1v) is 11.3. The van der Waals surface area contributed by atoms with Crippen molar-refractivity contribution in [3.8, 4) is 0 Å². The van der Waals surface area contributed by atoms with Crippen LogP contribution in [0.4, 0.5) is 5.69 Å². The minimum atomic E-state index is -0.321. The second-order valence-electron chi connectivity index (χ2n) is 8.15. The van der Waals surface area contributed by atoms with Crippen molar-refractivity contribution in [3.63, 3.8) is 0 Å². The summed E-state index contributed by atoms with van der Waals surface area (Å²) in [5.41, 5.74) is 1.79. The second kappa shape index (κ2) is 10.1. The van der Waals surface area contributed by atoms with Gasteiger partial charge in [0.1, 0.15) is 19.8 Å². The standard InChI is InChI=1S/C23H24Cl3N3O3/c1-14(2)10-27(23(32)16-7-8-18(25)19(26)9-16)11-21(30)28-12-22(31)29(13-28)20-6-4-5-17(24)15(20)3/h4-9,14H,10-13H2,1-3H3. The first-order chi connectivity index (χ1) is 15.1. The highest BCUT2D eigenvalue weighted by molar-refractivity contribution is 6.42. The molecule has 1 aliphatic heterocycles. The summed E-state index contributed by atoms with van der Waals surface area (Å²) in [7, 11) is 0. The lowest BCUT2D eigenvalue weighted by Crippen LogP contribution is -2.44. The van der Waals surface area contributed by atoms with Gasteiger partial charge in [0.2, 0.25) is 11.8 Å². The monoisotopic (exact) mass is 495 g/mol. The molecule has 1 fully saturated rings. The van der Waals surface area contributed by atoms with E-state index >= 15 is 0 Å². The van der Waals surface area contributed by atoms with Crippen LogP contribution in [0.2, 0.25) is 15.1 Å². The van der Waals surface area contributed by atoms with Crippen molar-refractivity contribution in [3.05, 3.63) is 62.6 Å². The summed E-state index contributed by atoms with van der Waals surface area (Å²) < 4.78 is 0. The molecule has 1 saturated heterocycles. The second-order valence-corrected chi connectivity index (χ2v) is 9.37. The van der Waals surface area contributed by atoms with Gasteiger partial charge in [-0.3, -0.25) is 19.3 Å². The molecule has 2 aromatic rings. The van der Waals surface area contributed by atoms with E-state index < -0.39 is 0 Å². The maximum absolute atomic E-state index is 13.1. The molecule has 0 saturated carbocycles. The van der Waals surface area contributed by atoms with Crippen LogP contribution in [-0.4, -0.2) is 53.8 Å². The van der Waals surface area contributed by atoms with Crippen LogP contribution >= 0.6 is 34.8 Å². The van der Waals surface area contributed by atoms with Crippen molar-refractivity contribution < 1.29 is 14.4 Å². The maximum atomic E-state index is 13.1. The Kier molecular flexibility index (Phi) is 7.70. The van der Waals surface area contributed by atoms with Crippen LogP contribution in [0.5, 0.6) is 0 Å². The molecular weight excluding hydrogens is 473 g/mol. The van der Waals surface area contributed by atoms with Crippen molar-refractivity contribution in [1.82, 2.24) is 9.80 Å². The van der Waals surface area contributed by atoms with Gasteiger partial charge in [-0.25, -0.2) is 0 Å². The van der Waals surface area contributed by atoms with Gasteiger partial charge in [0.25, 0.3) is 5.91 Å². The number of carbonyl (C=O) groups excluding carboxylic acids is 3. The average molecular weight is 497 g/mol. The van der Waals surface area contributed by atoms with Crippen molar-refractivity contribution in [2.45, 2.75) is 20.8 Å². The van der Waals surface area contributed by atoms with Crippen molar-refractivity contribution in [2.75, 3.05) is 31.2 Å². The number of anilines is 1. The quantitative estimate of drug-likeness (QED) is 0.572. The number of carbonyl (C=O) groups is 3. The van der Waals surface area contributed by atoms with E-state index in [0.29, 0.717) is 27.8 Å². The summed E-state index contributed by atoms with van der Waals surface area (Å²) in [5, 5.41) is 1.17.